The Hall–Kier alpha value is -1.87. The molecule has 3 rings (SSSR count). The molecule has 0 saturated heterocycles. The van der Waals surface area contributed by atoms with Crippen LogP contribution in [0.2, 0.25) is 0 Å². The van der Waals surface area contributed by atoms with Crippen LogP contribution < -0.4 is 9.64 Å². The Balaban J connectivity index is 0.00000363. The van der Waals surface area contributed by atoms with E-state index in [2.05, 4.69) is 18.7 Å². The van der Waals surface area contributed by atoms with E-state index in [0.717, 1.165) is 40.3 Å². The number of nitrogens with zero attached hydrogens (tertiary/aromatic N) is 3. The molecule has 0 spiro atoms. The number of thiazole rings is 1. The molecule has 0 aliphatic heterocycles. The summed E-state index contributed by atoms with van der Waals surface area (Å²) in [4.78, 5) is 22.9. The molecule has 0 aliphatic rings. The Morgan fingerprint density at radius 3 is 2.44 bits per heavy atom. The van der Waals surface area contributed by atoms with Gasteiger partial charge >= 0.3 is 0 Å². The highest BCUT2D eigenvalue weighted by atomic mass is 35.5. The quantitative estimate of drug-likeness (QED) is 0.339. The Labute approximate surface area is 203 Å². The fourth-order valence-corrected chi connectivity index (χ4v) is 5.11. The van der Waals surface area contributed by atoms with Gasteiger partial charge in [-0.15, -0.1) is 24.2 Å². The van der Waals surface area contributed by atoms with Crippen molar-refractivity contribution in [3.05, 3.63) is 47.8 Å². The number of hydrogen-bond acceptors (Lipinski definition) is 6. The topological polar surface area (TPSA) is 45.7 Å². The second-order valence-electron chi connectivity index (χ2n) is 7.07. The molecule has 0 radical (unpaired) electrons. The van der Waals surface area contributed by atoms with E-state index >= 15 is 0 Å². The molecule has 32 heavy (non-hydrogen) atoms. The van der Waals surface area contributed by atoms with E-state index in [0.29, 0.717) is 17.4 Å². The molecule has 0 unspecified atom stereocenters. The van der Waals surface area contributed by atoms with E-state index in [4.69, 9.17) is 9.72 Å². The fourth-order valence-electron chi connectivity index (χ4n) is 3.24. The van der Waals surface area contributed by atoms with Crippen LogP contribution in [0.4, 0.5) is 9.52 Å². The summed E-state index contributed by atoms with van der Waals surface area (Å²) in [5, 5.41) is 0.680. The number of thioether (sulfide) groups is 1. The van der Waals surface area contributed by atoms with Gasteiger partial charge in [0, 0.05) is 18.0 Å². The second kappa shape index (κ2) is 12.4. The first-order valence-corrected chi connectivity index (χ1v) is 12.1. The molecular weight excluding hydrogens is 469 g/mol. The summed E-state index contributed by atoms with van der Waals surface area (Å²) < 4.78 is 19.7. The summed E-state index contributed by atoms with van der Waals surface area (Å²) >= 11 is 2.92. The van der Waals surface area contributed by atoms with Crippen molar-refractivity contribution in [2.24, 2.45) is 0 Å². The van der Waals surface area contributed by atoms with Crippen LogP contribution in [-0.4, -0.2) is 54.8 Å². The molecule has 0 N–H and O–H groups in total. The highest BCUT2D eigenvalue weighted by molar-refractivity contribution is 8.00. The average Bonchev–Trinajstić information content (AvgIpc) is 3.22. The third-order valence-corrected chi connectivity index (χ3v) is 7.36. The number of benzene rings is 2. The van der Waals surface area contributed by atoms with E-state index in [1.165, 1.54) is 35.2 Å². The molecule has 9 heteroatoms. The van der Waals surface area contributed by atoms with Gasteiger partial charge in [-0.25, -0.2) is 9.37 Å². The van der Waals surface area contributed by atoms with E-state index < -0.39 is 0 Å². The van der Waals surface area contributed by atoms with Crippen LogP contribution in [0, 0.1) is 12.7 Å². The predicted octanol–water partition coefficient (Wildman–Crippen LogP) is 5.64. The SMILES string of the molecule is CCN(CC)CCN(C(=O)CSc1ccc(F)cc1)c1nc2c(OC)ccc(C)c2s1.Cl. The maximum atomic E-state index is 13.2. The smallest absolute Gasteiger partial charge is 0.239 e. The van der Waals surface area contributed by atoms with Crippen molar-refractivity contribution in [2.45, 2.75) is 25.7 Å². The molecule has 1 aromatic heterocycles. The number of carbonyl (C=O) groups is 1. The zero-order valence-corrected chi connectivity index (χ0v) is 21.2. The van der Waals surface area contributed by atoms with Crippen LogP contribution in [0.15, 0.2) is 41.3 Å². The second-order valence-corrected chi connectivity index (χ2v) is 9.10. The van der Waals surface area contributed by atoms with Gasteiger partial charge in [0.05, 0.1) is 17.6 Å². The summed E-state index contributed by atoms with van der Waals surface area (Å²) in [7, 11) is 1.63. The van der Waals surface area contributed by atoms with E-state index in [-0.39, 0.29) is 29.9 Å². The van der Waals surface area contributed by atoms with Crippen molar-refractivity contribution >= 4 is 56.8 Å². The monoisotopic (exact) mass is 497 g/mol. The van der Waals surface area contributed by atoms with Gasteiger partial charge in [0.25, 0.3) is 0 Å². The first kappa shape index (κ1) is 26.4. The zero-order chi connectivity index (χ0) is 22.4. The Morgan fingerprint density at radius 1 is 1.12 bits per heavy atom. The number of halogens is 2. The van der Waals surface area contributed by atoms with Crippen molar-refractivity contribution < 1.29 is 13.9 Å². The molecule has 3 aromatic rings. The highest BCUT2D eigenvalue weighted by Gasteiger charge is 2.22. The lowest BCUT2D eigenvalue weighted by atomic mass is 10.2. The molecule has 174 valence electrons. The average molecular weight is 498 g/mol. The van der Waals surface area contributed by atoms with Crippen molar-refractivity contribution in [3.63, 3.8) is 0 Å². The van der Waals surface area contributed by atoms with Crippen LogP contribution in [-0.2, 0) is 4.79 Å². The molecule has 1 heterocycles. The Kier molecular flexibility index (Phi) is 10.2. The number of amides is 1. The molecule has 0 aliphatic carbocycles. The van der Waals surface area contributed by atoms with Gasteiger partial charge in [-0.2, -0.15) is 0 Å². The molecule has 0 bridgehead atoms. The zero-order valence-electron chi connectivity index (χ0n) is 18.8. The van der Waals surface area contributed by atoms with E-state index in [1.807, 2.05) is 19.1 Å². The highest BCUT2D eigenvalue weighted by Crippen LogP contribution is 2.36. The summed E-state index contributed by atoms with van der Waals surface area (Å²) in [6.07, 6.45) is 0. The first-order chi connectivity index (χ1) is 15.0. The van der Waals surface area contributed by atoms with Gasteiger partial charge < -0.3 is 9.64 Å². The maximum Gasteiger partial charge on any atom is 0.239 e. The number of fused-ring (bicyclic) bond motifs is 1. The lowest BCUT2D eigenvalue weighted by Crippen LogP contribution is -2.39. The number of hydrogen-bond donors (Lipinski definition) is 0. The van der Waals surface area contributed by atoms with Gasteiger partial charge in [-0.05, 0) is 55.9 Å². The van der Waals surface area contributed by atoms with Crippen LogP contribution in [0.1, 0.15) is 19.4 Å². The number of rotatable bonds is 10. The third-order valence-electron chi connectivity index (χ3n) is 5.15. The number of carbonyl (C=O) groups excluding carboxylic acids is 1. The lowest BCUT2D eigenvalue weighted by molar-refractivity contribution is -0.116. The van der Waals surface area contributed by atoms with Crippen LogP contribution in [0.3, 0.4) is 0 Å². The predicted molar refractivity (Wildman–Crippen MR) is 135 cm³/mol. The standard InChI is InChI=1S/C23H28FN3O2S2.ClH/c1-5-26(6-2)13-14-27(20(28)15-30-18-10-8-17(24)9-11-18)23-25-21-19(29-4)12-7-16(3)22(21)31-23;/h7-12H,5-6,13-15H2,1-4H3;1H. The van der Waals surface area contributed by atoms with Gasteiger partial charge in [0.1, 0.15) is 17.1 Å². The number of anilines is 1. The fraction of sp³-hybridized carbons (Fsp3) is 0.391. The molecule has 0 saturated carbocycles. The lowest BCUT2D eigenvalue weighted by Gasteiger charge is -2.24. The van der Waals surface area contributed by atoms with Gasteiger partial charge in [-0.3, -0.25) is 9.69 Å². The van der Waals surface area contributed by atoms with Crippen molar-refractivity contribution in [1.29, 1.82) is 0 Å². The summed E-state index contributed by atoms with van der Waals surface area (Å²) in [5.74, 6) is 0.669. The summed E-state index contributed by atoms with van der Waals surface area (Å²) in [6, 6.07) is 10.1. The van der Waals surface area contributed by atoms with Crippen LogP contribution in [0.25, 0.3) is 10.2 Å². The molecule has 5 nitrogen and oxygen atoms in total. The Bertz CT molecular complexity index is 1030. The molecule has 1 amide bonds. The molecule has 2 aromatic carbocycles. The van der Waals surface area contributed by atoms with Crippen molar-refractivity contribution in [1.82, 2.24) is 9.88 Å². The summed E-state index contributed by atoms with van der Waals surface area (Å²) in [5.41, 5.74) is 1.89. The van der Waals surface area contributed by atoms with E-state index in [1.54, 1.807) is 24.1 Å². The van der Waals surface area contributed by atoms with Crippen molar-refractivity contribution in [2.75, 3.05) is 43.9 Å². The Morgan fingerprint density at radius 2 is 1.81 bits per heavy atom. The van der Waals surface area contributed by atoms with Crippen LogP contribution in [0.5, 0.6) is 5.75 Å². The number of likely N-dealkylation sites (N-methyl/N-ethyl adjacent to an activating group) is 1. The normalized spacial score (nSPS) is 10.9. The van der Waals surface area contributed by atoms with Crippen LogP contribution >= 0.6 is 35.5 Å². The number of ether oxygens (including phenoxy) is 1. The maximum absolute atomic E-state index is 13.2. The molecule has 0 atom stereocenters. The first-order valence-electron chi connectivity index (χ1n) is 10.3. The number of aromatic nitrogens is 1. The van der Waals surface area contributed by atoms with Gasteiger partial charge in [0.15, 0.2) is 5.13 Å². The number of aryl methyl sites for hydroxylation is 1. The largest absolute Gasteiger partial charge is 0.494 e. The minimum atomic E-state index is -0.282. The van der Waals surface area contributed by atoms with Gasteiger partial charge in [-0.1, -0.05) is 31.3 Å². The minimum Gasteiger partial charge on any atom is -0.494 e. The molecule has 0 fully saturated rings. The van der Waals surface area contributed by atoms with E-state index in [9.17, 15) is 9.18 Å². The molecular formula is C23H29ClFN3O2S2. The third kappa shape index (κ3) is 6.34. The summed E-state index contributed by atoms with van der Waals surface area (Å²) in [6.45, 7) is 9.46. The number of methoxy groups -OCH3 is 1. The minimum absolute atomic E-state index is 0. The van der Waals surface area contributed by atoms with Crippen molar-refractivity contribution in [3.8, 4) is 5.75 Å². The van der Waals surface area contributed by atoms with Gasteiger partial charge in [0.2, 0.25) is 5.91 Å².